The largest absolute Gasteiger partial charge is 0.465 e. The van der Waals surface area contributed by atoms with E-state index in [0.29, 0.717) is 24.2 Å². The molecule has 33 heavy (non-hydrogen) atoms. The lowest BCUT2D eigenvalue weighted by atomic mass is 10.1. The Hall–Kier alpha value is -4.20. The number of aromatic nitrogens is 1. The summed E-state index contributed by atoms with van der Waals surface area (Å²) in [5.74, 6) is -2.02. The Morgan fingerprint density at radius 1 is 1.00 bits per heavy atom. The molecule has 3 rings (SSSR count). The smallest absolute Gasteiger partial charge is 0.339 e. The van der Waals surface area contributed by atoms with Crippen LogP contribution in [0.15, 0.2) is 65.8 Å². The van der Waals surface area contributed by atoms with Gasteiger partial charge in [0.15, 0.2) is 0 Å². The minimum absolute atomic E-state index is 0.348. The van der Waals surface area contributed by atoms with Gasteiger partial charge in [0, 0.05) is 23.5 Å². The minimum atomic E-state index is -0.843. The van der Waals surface area contributed by atoms with Crippen molar-refractivity contribution in [3.05, 3.63) is 88.7 Å². The lowest BCUT2D eigenvalue weighted by molar-refractivity contribution is -0.139. The van der Waals surface area contributed by atoms with Gasteiger partial charge in [-0.25, -0.2) is 10.2 Å². The van der Waals surface area contributed by atoms with Gasteiger partial charge < -0.3 is 14.6 Å². The zero-order valence-electron chi connectivity index (χ0n) is 18.8. The van der Waals surface area contributed by atoms with Gasteiger partial charge in [-0.05, 0) is 44.0 Å². The second kappa shape index (κ2) is 10.9. The summed E-state index contributed by atoms with van der Waals surface area (Å²) < 4.78 is 6.80. The Morgan fingerprint density at radius 3 is 2.42 bits per heavy atom. The van der Waals surface area contributed by atoms with Gasteiger partial charge in [0.2, 0.25) is 0 Å². The summed E-state index contributed by atoms with van der Waals surface area (Å²) in [4.78, 5) is 36.1. The quantitative estimate of drug-likeness (QED) is 0.252. The number of rotatable bonds is 7. The van der Waals surface area contributed by atoms with Crippen LogP contribution in [-0.4, -0.2) is 42.2 Å². The van der Waals surface area contributed by atoms with E-state index >= 15 is 0 Å². The van der Waals surface area contributed by atoms with Crippen LogP contribution in [0.2, 0.25) is 0 Å². The second-order valence-corrected chi connectivity index (χ2v) is 7.36. The predicted molar refractivity (Wildman–Crippen MR) is 125 cm³/mol. The van der Waals surface area contributed by atoms with Gasteiger partial charge in [-0.3, -0.25) is 9.59 Å². The van der Waals surface area contributed by atoms with Crippen LogP contribution in [-0.2, 0) is 20.7 Å². The molecule has 0 aliphatic heterocycles. The number of hydrogen-bond acceptors (Lipinski definition) is 5. The van der Waals surface area contributed by atoms with Crippen molar-refractivity contribution in [2.75, 3.05) is 13.7 Å². The third kappa shape index (κ3) is 5.74. The van der Waals surface area contributed by atoms with Crippen molar-refractivity contribution in [1.82, 2.24) is 15.3 Å². The first kappa shape index (κ1) is 23.5. The standard InChI is InChI=1S/C25H26N4O4/c1-17-15-20(18(2)29(17)22-12-8-7-11-21(22)25(32)33-3)16-27-28-24(31)23(30)26-14-13-19-9-5-4-6-10-19/h4-12,15-16H,13-14H2,1-3H3,(H,26,30)(H,28,31)/b27-16-. The molecule has 2 amide bonds. The molecule has 0 radical (unpaired) electrons. The monoisotopic (exact) mass is 446 g/mol. The van der Waals surface area contributed by atoms with Crippen LogP contribution >= 0.6 is 0 Å². The van der Waals surface area contributed by atoms with E-state index in [1.165, 1.54) is 13.3 Å². The molecule has 8 nitrogen and oxygen atoms in total. The molecule has 0 spiro atoms. The van der Waals surface area contributed by atoms with Gasteiger partial charge in [0.25, 0.3) is 0 Å². The first-order valence-corrected chi connectivity index (χ1v) is 10.4. The summed E-state index contributed by atoms with van der Waals surface area (Å²) in [5, 5.41) is 6.50. The highest BCUT2D eigenvalue weighted by Crippen LogP contribution is 2.23. The number of para-hydroxylation sites is 1. The van der Waals surface area contributed by atoms with E-state index in [1.54, 1.807) is 12.1 Å². The molecule has 2 aromatic carbocycles. The van der Waals surface area contributed by atoms with E-state index < -0.39 is 17.8 Å². The number of esters is 1. The average molecular weight is 447 g/mol. The number of carbonyl (C=O) groups is 3. The lowest BCUT2D eigenvalue weighted by Crippen LogP contribution is -2.38. The summed E-state index contributed by atoms with van der Waals surface area (Å²) in [6.45, 7) is 4.12. The SMILES string of the molecule is COC(=O)c1ccccc1-n1c(C)cc(/C=N\NC(=O)C(=O)NCCc2ccccc2)c1C. The summed E-state index contributed by atoms with van der Waals surface area (Å²) in [6.07, 6.45) is 2.09. The van der Waals surface area contributed by atoms with E-state index in [9.17, 15) is 14.4 Å². The maximum atomic E-state index is 12.2. The van der Waals surface area contributed by atoms with Gasteiger partial charge in [-0.2, -0.15) is 5.10 Å². The van der Waals surface area contributed by atoms with E-state index in [-0.39, 0.29) is 0 Å². The highest BCUT2D eigenvalue weighted by atomic mass is 16.5. The van der Waals surface area contributed by atoms with Crippen molar-refractivity contribution in [3.8, 4) is 5.69 Å². The zero-order chi connectivity index (χ0) is 23.8. The summed E-state index contributed by atoms with van der Waals surface area (Å²) >= 11 is 0. The van der Waals surface area contributed by atoms with E-state index in [2.05, 4.69) is 15.8 Å². The Bertz CT molecular complexity index is 1180. The van der Waals surface area contributed by atoms with Gasteiger partial charge in [0.05, 0.1) is 24.6 Å². The van der Waals surface area contributed by atoms with Crippen molar-refractivity contribution < 1.29 is 19.1 Å². The van der Waals surface area contributed by atoms with Gasteiger partial charge >= 0.3 is 17.8 Å². The number of carbonyl (C=O) groups excluding carboxylic acids is 3. The molecule has 8 heteroatoms. The molecule has 0 aliphatic rings. The van der Waals surface area contributed by atoms with Gasteiger partial charge in [-0.1, -0.05) is 42.5 Å². The second-order valence-electron chi connectivity index (χ2n) is 7.36. The molecule has 0 saturated carbocycles. The van der Waals surface area contributed by atoms with Crippen molar-refractivity contribution >= 4 is 24.0 Å². The van der Waals surface area contributed by atoms with E-state index in [0.717, 1.165) is 22.5 Å². The number of ether oxygens (including phenoxy) is 1. The number of aryl methyl sites for hydroxylation is 1. The lowest BCUT2D eigenvalue weighted by Gasteiger charge is -2.13. The number of nitrogens with one attached hydrogen (secondary N) is 2. The number of hydrogen-bond donors (Lipinski definition) is 2. The fraction of sp³-hybridized carbons (Fsp3) is 0.200. The van der Waals surface area contributed by atoms with E-state index in [1.807, 2.05) is 66.9 Å². The average Bonchev–Trinajstić information content (AvgIpc) is 3.11. The number of hydrazone groups is 1. The highest BCUT2D eigenvalue weighted by Gasteiger charge is 2.17. The zero-order valence-corrected chi connectivity index (χ0v) is 18.8. The third-order valence-electron chi connectivity index (χ3n) is 5.14. The Balaban J connectivity index is 1.64. The fourth-order valence-electron chi connectivity index (χ4n) is 3.50. The van der Waals surface area contributed by atoms with Gasteiger partial charge in [0.1, 0.15) is 0 Å². The number of benzene rings is 2. The maximum absolute atomic E-state index is 12.2. The Kier molecular flexibility index (Phi) is 7.75. The third-order valence-corrected chi connectivity index (χ3v) is 5.14. The van der Waals surface area contributed by atoms with Crippen LogP contribution in [0.5, 0.6) is 0 Å². The molecule has 0 unspecified atom stereocenters. The topological polar surface area (TPSA) is 102 Å². The summed E-state index contributed by atoms with van der Waals surface area (Å²) in [6, 6.07) is 18.7. The first-order chi connectivity index (χ1) is 15.9. The number of methoxy groups -OCH3 is 1. The molecule has 0 saturated heterocycles. The fourth-order valence-corrected chi connectivity index (χ4v) is 3.50. The molecule has 0 atom stereocenters. The maximum Gasteiger partial charge on any atom is 0.339 e. The van der Waals surface area contributed by atoms with Crippen LogP contribution in [0.4, 0.5) is 0 Å². The molecule has 2 N–H and O–H groups in total. The van der Waals surface area contributed by atoms with Crippen LogP contribution in [0, 0.1) is 13.8 Å². The van der Waals surface area contributed by atoms with Crippen LogP contribution < -0.4 is 10.7 Å². The van der Waals surface area contributed by atoms with Crippen LogP contribution in [0.3, 0.4) is 0 Å². The van der Waals surface area contributed by atoms with Crippen molar-refractivity contribution in [1.29, 1.82) is 0 Å². The Morgan fingerprint density at radius 2 is 1.70 bits per heavy atom. The van der Waals surface area contributed by atoms with Crippen molar-refractivity contribution in [2.45, 2.75) is 20.3 Å². The molecule has 0 aliphatic carbocycles. The van der Waals surface area contributed by atoms with Crippen molar-refractivity contribution in [3.63, 3.8) is 0 Å². The van der Waals surface area contributed by atoms with Crippen molar-refractivity contribution in [2.24, 2.45) is 5.10 Å². The van der Waals surface area contributed by atoms with Gasteiger partial charge in [-0.15, -0.1) is 0 Å². The molecule has 0 fully saturated rings. The highest BCUT2D eigenvalue weighted by molar-refractivity contribution is 6.35. The molecule has 3 aromatic rings. The molecule has 1 heterocycles. The van der Waals surface area contributed by atoms with Crippen LogP contribution in [0.1, 0.15) is 32.9 Å². The normalized spacial score (nSPS) is 10.8. The number of amides is 2. The first-order valence-electron chi connectivity index (χ1n) is 10.4. The molecular formula is C25H26N4O4. The molecule has 170 valence electrons. The predicted octanol–water partition coefficient (Wildman–Crippen LogP) is 2.69. The molecule has 0 bridgehead atoms. The molecular weight excluding hydrogens is 420 g/mol. The number of nitrogens with zero attached hydrogens (tertiary/aromatic N) is 2. The minimum Gasteiger partial charge on any atom is -0.465 e. The Labute approximate surface area is 192 Å². The van der Waals surface area contributed by atoms with E-state index in [4.69, 9.17) is 4.74 Å². The van der Waals surface area contributed by atoms with Crippen LogP contribution in [0.25, 0.3) is 5.69 Å². The summed E-state index contributed by atoms with van der Waals surface area (Å²) in [7, 11) is 1.34. The molecule has 1 aromatic heterocycles. The summed E-state index contributed by atoms with van der Waals surface area (Å²) in [5.41, 5.74) is 6.85.